The minimum absolute atomic E-state index is 0.156. The van der Waals surface area contributed by atoms with E-state index in [-0.39, 0.29) is 17.9 Å². The van der Waals surface area contributed by atoms with E-state index in [0.29, 0.717) is 12.0 Å². The molecule has 0 spiro atoms. The van der Waals surface area contributed by atoms with Gasteiger partial charge in [0.2, 0.25) is 0 Å². The number of fused-ring (bicyclic) bond motifs is 1. The zero-order valence-corrected chi connectivity index (χ0v) is 11.6. The van der Waals surface area contributed by atoms with Crippen molar-refractivity contribution in [1.29, 1.82) is 0 Å². The topological polar surface area (TPSA) is 55.4 Å². The molecule has 1 aromatic carbocycles. The summed E-state index contributed by atoms with van der Waals surface area (Å²) in [4.78, 5) is 24.2. The normalized spacial score (nSPS) is 22.2. The van der Waals surface area contributed by atoms with Gasteiger partial charge in [0.05, 0.1) is 5.56 Å². The van der Waals surface area contributed by atoms with Crippen molar-refractivity contribution < 1.29 is 14.3 Å². The molecule has 4 nitrogen and oxygen atoms in total. The van der Waals surface area contributed by atoms with Crippen molar-refractivity contribution in [1.82, 2.24) is 5.32 Å². The van der Waals surface area contributed by atoms with Crippen LogP contribution in [0.1, 0.15) is 47.2 Å². The van der Waals surface area contributed by atoms with Crippen LogP contribution in [-0.2, 0) is 16.0 Å². The predicted molar refractivity (Wildman–Crippen MR) is 74.5 cm³/mol. The highest BCUT2D eigenvalue weighted by Gasteiger charge is 2.32. The maximum Gasteiger partial charge on any atom is 0.339 e. The first kappa shape index (κ1) is 13.2. The van der Waals surface area contributed by atoms with E-state index in [9.17, 15) is 9.59 Å². The van der Waals surface area contributed by atoms with E-state index in [0.717, 1.165) is 36.8 Å². The number of amides is 1. The molecule has 1 heterocycles. The summed E-state index contributed by atoms with van der Waals surface area (Å²) in [6.45, 7) is 1.94. The van der Waals surface area contributed by atoms with E-state index in [4.69, 9.17) is 4.74 Å². The Balaban J connectivity index is 1.72. The van der Waals surface area contributed by atoms with Gasteiger partial charge in [-0.1, -0.05) is 30.5 Å². The maximum atomic E-state index is 12.2. The van der Waals surface area contributed by atoms with Crippen LogP contribution in [0, 0.1) is 6.92 Å². The number of esters is 1. The minimum atomic E-state index is -0.682. The molecule has 1 amide bonds. The van der Waals surface area contributed by atoms with E-state index in [2.05, 4.69) is 5.32 Å². The molecule has 3 rings (SSSR count). The molecule has 1 atom stereocenters. The molecule has 1 aliphatic heterocycles. The van der Waals surface area contributed by atoms with Gasteiger partial charge in [0, 0.05) is 12.5 Å². The highest BCUT2D eigenvalue weighted by Crippen LogP contribution is 2.23. The van der Waals surface area contributed by atoms with Crippen molar-refractivity contribution in [2.45, 2.75) is 51.2 Å². The molecule has 0 bridgehead atoms. The summed E-state index contributed by atoms with van der Waals surface area (Å²) in [5.74, 6) is -0.544. The molecule has 0 saturated heterocycles. The molecule has 106 valence electrons. The molecule has 0 radical (unpaired) electrons. The summed E-state index contributed by atoms with van der Waals surface area (Å²) in [7, 11) is 0. The smallest absolute Gasteiger partial charge is 0.339 e. The Morgan fingerprint density at radius 3 is 2.80 bits per heavy atom. The zero-order valence-electron chi connectivity index (χ0n) is 11.6. The molecule has 4 heteroatoms. The van der Waals surface area contributed by atoms with Gasteiger partial charge in [-0.15, -0.1) is 0 Å². The summed E-state index contributed by atoms with van der Waals surface area (Å²) in [6, 6.07) is 5.95. The summed E-state index contributed by atoms with van der Waals surface area (Å²) in [5, 5.41) is 3.00. The zero-order chi connectivity index (χ0) is 14.1. The maximum absolute atomic E-state index is 12.2. The van der Waals surface area contributed by atoms with Crippen molar-refractivity contribution >= 4 is 11.9 Å². The third-order valence-electron chi connectivity index (χ3n) is 4.13. The molecule has 2 aliphatic rings. The standard InChI is InChI=1S/C16H19NO3/c1-10-6-7-11-9-14(20-16(19)13(11)8-10)15(18)17-12-4-2-3-5-12/h6-8,12,14H,2-5,9H2,1H3,(H,17,18). The molecule has 1 aliphatic carbocycles. The second kappa shape index (κ2) is 5.27. The van der Waals surface area contributed by atoms with Gasteiger partial charge < -0.3 is 10.1 Å². The van der Waals surface area contributed by atoms with E-state index in [1.54, 1.807) is 0 Å². The number of carbonyl (C=O) groups excluding carboxylic acids is 2. The highest BCUT2D eigenvalue weighted by atomic mass is 16.5. The molecule has 1 aromatic rings. The van der Waals surface area contributed by atoms with Crippen LogP contribution in [-0.4, -0.2) is 24.0 Å². The Hall–Kier alpha value is -1.84. The molecule has 1 saturated carbocycles. The number of rotatable bonds is 2. The fourth-order valence-corrected chi connectivity index (χ4v) is 3.00. The average molecular weight is 273 g/mol. The third-order valence-corrected chi connectivity index (χ3v) is 4.13. The number of benzene rings is 1. The summed E-state index contributed by atoms with van der Waals surface area (Å²) >= 11 is 0. The lowest BCUT2D eigenvalue weighted by molar-refractivity contribution is -0.131. The SMILES string of the molecule is Cc1ccc2c(c1)C(=O)OC(C(=O)NC1CCCC1)C2. The average Bonchev–Trinajstić information content (AvgIpc) is 2.92. The van der Waals surface area contributed by atoms with E-state index in [1.165, 1.54) is 0 Å². The fourth-order valence-electron chi connectivity index (χ4n) is 3.00. The molecular weight excluding hydrogens is 254 g/mol. The quantitative estimate of drug-likeness (QED) is 0.840. The van der Waals surface area contributed by atoms with Gasteiger partial charge in [-0.3, -0.25) is 4.79 Å². The van der Waals surface area contributed by atoms with Crippen molar-refractivity contribution in [2.75, 3.05) is 0 Å². The first-order chi connectivity index (χ1) is 9.63. The molecule has 20 heavy (non-hydrogen) atoms. The van der Waals surface area contributed by atoms with Gasteiger partial charge in [0.1, 0.15) is 0 Å². The van der Waals surface area contributed by atoms with Crippen LogP contribution in [0.5, 0.6) is 0 Å². The van der Waals surface area contributed by atoms with Gasteiger partial charge in [-0.05, 0) is 31.4 Å². The highest BCUT2D eigenvalue weighted by molar-refractivity contribution is 5.96. The number of ether oxygens (including phenoxy) is 1. The monoisotopic (exact) mass is 273 g/mol. The fraction of sp³-hybridized carbons (Fsp3) is 0.500. The van der Waals surface area contributed by atoms with Crippen molar-refractivity contribution in [3.05, 3.63) is 34.9 Å². The third kappa shape index (κ3) is 2.55. The van der Waals surface area contributed by atoms with Gasteiger partial charge >= 0.3 is 5.97 Å². The van der Waals surface area contributed by atoms with E-state index < -0.39 is 6.10 Å². The van der Waals surface area contributed by atoms with Crippen LogP contribution in [0.4, 0.5) is 0 Å². The molecule has 1 N–H and O–H groups in total. The van der Waals surface area contributed by atoms with Crippen LogP contribution in [0.2, 0.25) is 0 Å². The van der Waals surface area contributed by atoms with Crippen LogP contribution < -0.4 is 5.32 Å². The largest absolute Gasteiger partial charge is 0.448 e. The van der Waals surface area contributed by atoms with Crippen molar-refractivity contribution in [3.8, 4) is 0 Å². The Kier molecular flexibility index (Phi) is 3.47. The lowest BCUT2D eigenvalue weighted by Crippen LogP contribution is -2.45. The summed E-state index contributed by atoms with van der Waals surface area (Å²) in [5.41, 5.74) is 2.52. The molecule has 1 unspecified atom stereocenters. The molecular formula is C16H19NO3. The van der Waals surface area contributed by atoms with Crippen LogP contribution in [0.3, 0.4) is 0 Å². The lowest BCUT2D eigenvalue weighted by atomic mass is 9.96. The van der Waals surface area contributed by atoms with Crippen molar-refractivity contribution in [3.63, 3.8) is 0 Å². The Bertz CT molecular complexity index is 547. The van der Waals surface area contributed by atoms with Gasteiger partial charge in [-0.2, -0.15) is 0 Å². The molecule has 0 aromatic heterocycles. The Morgan fingerprint density at radius 2 is 2.05 bits per heavy atom. The predicted octanol–water partition coefficient (Wildman–Crippen LogP) is 2.14. The number of cyclic esters (lactones) is 1. The van der Waals surface area contributed by atoms with Gasteiger partial charge in [0.15, 0.2) is 6.10 Å². The second-order valence-electron chi connectivity index (χ2n) is 5.75. The van der Waals surface area contributed by atoms with E-state index in [1.807, 2.05) is 25.1 Å². The van der Waals surface area contributed by atoms with Crippen LogP contribution >= 0.6 is 0 Å². The van der Waals surface area contributed by atoms with Crippen LogP contribution in [0.15, 0.2) is 18.2 Å². The summed E-state index contributed by atoms with van der Waals surface area (Å²) < 4.78 is 5.29. The number of hydrogen-bond acceptors (Lipinski definition) is 3. The minimum Gasteiger partial charge on any atom is -0.448 e. The number of nitrogens with one attached hydrogen (secondary N) is 1. The first-order valence-electron chi connectivity index (χ1n) is 7.24. The number of carbonyl (C=O) groups is 2. The van der Waals surface area contributed by atoms with Gasteiger partial charge in [0.25, 0.3) is 5.91 Å². The lowest BCUT2D eigenvalue weighted by Gasteiger charge is -2.25. The van der Waals surface area contributed by atoms with Crippen molar-refractivity contribution in [2.24, 2.45) is 0 Å². The first-order valence-corrected chi connectivity index (χ1v) is 7.24. The van der Waals surface area contributed by atoms with Gasteiger partial charge in [-0.25, -0.2) is 4.79 Å². The number of aryl methyl sites for hydroxylation is 1. The number of hydrogen-bond donors (Lipinski definition) is 1. The summed E-state index contributed by atoms with van der Waals surface area (Å²) in [6.07, 6.45) is 4.18. The van der Waals surface area contributed by atoms with Crippen LogP contribution in [0.25, 0.3) is 0 Å². The second-order valence-corrected chi connectivity index (χ2v) is 5.75. The van der Waals surface area contributed by atoms with E-state index >= 15 is 0 Å². The Morgan fingerprint density at radius 1 is 1.30 bits per heavy atom. The Labute approximate surface area is 118 Å². The molecule has 1 fully saturated rings.